The Morgan fingerprint density at radius 3 is 2.20 bits per heavy atom. The van der Waals surface area contributed by atoms with Crippen LogP contribution in [0, 0.1) is 11.3 Å². The number of nitriles is 1. The summed E-state index contributed by atoms with van der Waals surface area (Å²) in [6.45, 7) is 11.6. The predicted molar refractivity (Wildman–Crippen MR) is 82.9 cm³/mol. The van der Waals surface area contributed by atoms with Gasteiger partial charge in [0.15, 0.2) is 0 Å². The number of nitrogens with one attached hydrogen (secondary N) is 1. The largest absolute Gasteiger partial charge is 0.491 e. The van der Waals surface area contributed by atoms with Crippen LogP contribution >= 0.6 is 0 Å². The molecule has 0 aliphatic carbocycles. The Morgan fingerprint density at radius 2 is 1.75 bits per heavy atom. The molecule has 0 radical (unpaired) electrons. The fourth-order valence-electron chi connectivity index (χ4n) is 1.95. The molecule has 0 saturated heterocycles. The van der Waals surface area contributed by atoms with Crippen LogP contribution in [0.4, 0.5) is 0 Å². The Bertz CT molecular complexity index is 459. The molecule has 1 N–H and O–H groups in total. The molecule has 0 aromatic heterocycles. The van der Waals surface area contributed by atoms with Gasteiger partial charge in [0.2, 0.25) is 0 Å². The summed E-state index contributed by atoms with van der Waals surface area (Å²) in [5.74, 6) is 0.806. The van der Waals surface area contributed by atoms with Gasteiger partial charge in [-0.1, -0.05) is 39.8 Å². The lowest BCUT2D eigenvalue weighted by Gasteiger charge is -2.25. The predicted octanol–water partition coefficient (Wildman–Crippen LogP) is 3.64. The molecule has 3 nitrogen and oxygen atoms in total. The summed E-state index contributed by atoms with van der Waals surface area (Å²) in [7, 11) is 0. The normalized spacial score (nSPS) is 14.4. The number of hydrogen-bond donors (Lipinski definition) is 1. The molecule has 0 aliphatic rings. The zero-order valence-corrected chi connectivity index (χ0v) is 13.3. The molecule has 110 valence electrons. The van der Waals surface area contributed by atoms with Crippen LogP contribution in [-0.2, 0) is 5.41 Å². The topological polar surface area (TPSA) is 45.0 Å². The standard InChI is InChI=1S/C17H26N2O/c1-6-16(3,4)14-8-10-15(11-9-14)20-13-17(5,12-18)19-7-2/h8-11,19H,6-7,13H2,1-5H3. The van der Waals surface area contributed by atoms with Crippen molar-refractivity contribution in [3.8, 4) is 11.8 Å². The van der Waals surface area contributed by atoms with E-state index in [0.717, 1.165) is 18.7 Å². The van der Waals surface area contributed by atoms with Crippen molar-refractivity contribution in [3.63, 3.8) is 0 Å². The van der Waals surface area contributed by atoms with Crippen LogP contribution < -0.4 is 10.1 Å². The fraction of sp³-hybridized carbons (Fsp3) is 0.588. The van der Waals surface area contributed by atoms with Gasteiger partial charge in [-0.3, -0.25) is 5.32 Å². The van der Waals surface area contributed by atoms with Gasteiger partial charge >= 0.3 is 0 Å². The Kier molecular flexibility index (Phi) is 5.59. The summed E-state index contributed by atoms with van der Waals surface area (Å²) >= 11 is 0. The van der Waals surface area contributed by atoms with Gasteiger partial charge in [-0.15, -0.1) is 0 Å². The quantitative estimate of drug-likeness (QED) is 0.825. The van der Waals surface area contributed by atoms with Gasteiger partial charge < -0.3 is 4.74 Å². The molecule has 1 unspecified atom stereocenters. The van der Waals surface area contributed by atoms with Gasteiger partial charge in [0, 0.05) is 0 Å². The van der Waals surface area contributed by atoms with Crippen molar-refractivity contribution in [1.29, 1.82) is 5.26 Å². The Morgan fingerprint density at radius 1 is 1.15 bits per heavy atom. The molecule has 3 heteroatoms. The number of rotatable bonds is 7. The van der Waals surface area contributed by atoms with Crippen LogP contribution in [0.15, 0.2) is 24.3 Å². The van der Waals surface area contributed by atoms with E-state index < -0.39 is 5.54 Å². The maximum Gasteiger partial charge on any atom is 0.138 e. The smallest absolute Gasteiger partial charge is 0.138 e. The van der Waals surface area contributed by atoms with Crippen molar-refractivity contribution in [2.75, 3.05) is 13.2 Å². The first kappa shape index (κ1) is 16.5. The first-order chi connectivity index (χ1) is 9.37. The zero-order valence-electron chi connectivity index (χ0n) is 13.3. The number of ether oxygens (including phenoxy) is 1. The highest BCUT2D eigenvalue weighted by Crippen LogP contribution is 2.28. The summed E-state index contributed by atoms with van der Waals surface area (Å²) < 4.78 is 5.73. The summed E-state index contributed by atoms with van der Waals surface area (Å²) in [4.78, 5) is 0. The van der Waals surface area contributed by atoms with Crippen molar-refractivity contribution in [3.05, 3.63) is 29.8 Å². The lowest BCUT2D eigenvalue weighted by atomic mass is 9.82. The van der Waals surface area contributed by atoms with E-state index in [4.69, 9.17) is 4.74 Å². The molecule has 1 atom stereocenters. The second-order valence-electron chi connectivity index (χ2n) is 6.02. The van der Waals surface area contributed by atoms with Crippen LogP contribution in [-0.4, -0.2) is 18.7 Å². The third-order valence-electron chi connectivity index (χ3n) is 3.86. The summed E-state index contributed by atoms with van der Waals surface area (Å²) in [6, 6.07) is 10.4. The van der Waals surface area contributed by atoms with Crippen LogP contribution in [0.2, 0.25) is 0 Å². The molecule has 0 saturated carbocycles. The second kappa shape index (κ2) is 6.76. The highest BCUT2D eigenvalue weighted by Gasteiger charge is 2.23. The van der Waals surface area contributed by atoms with E-state index in [1.165, 1.54) is 5.56 Å². The van der Waals surface area contributed by atoms with E-state index in [0.29, 0.717) is 6.61 Å². The third kappa shape index (κ3) is 4.25. The number of benzene rings is 1. The Hall–Kier alpha value is -1.53. The van der Waals surface area contributed by atoms with E-state index in [2.05, 4.69) is 44.3 Å². The first-order valence-corrected chi connectivity index (χ1v) is 7.26. The summed E-state index contributed by atoms with van der Waals surface area (Å²) in [5, 5.41) is 12.3. The molecular weight excluding hydrogens is 248 g/mol. The van der Waals surface area contributed by atoms with Gasteiger partial charge in [-0.2, -0.15) is 5.26 Å². The minimum atomic E-state index is -0.643. The van der Waals surface area contributed by atoms with E-state index in [1.54, 1.807) is 0 Å². The maximum atomic E-state index is 9.18. The lowest BCUT2D eigenvalue weighted by molar-refractivity contribution is 0.236. The molecule has 1 aromatic rings. The molecule has 0 spiro atoms. The number of likely N-dealkylation sites (N-methyl/N-ethyl adjacent to an activating group) is 1. The molecule has 1 aromatic carbocycles. The molecule has 0 amide bonds. The zero-order chi connectivity index (χ0) is 15.2. The van der Waals surface area contributed by atoms with E-state index in [1.807, 2.05) is 26.0 Å². The summed E-state index contributed by atoms with van der Waals surface area (Å²) in [5.41, 5.74) is 0.849. The monoisotopic (exact) mass is 274 g/mol. The highest BCUT2D eigenvalue weighted by molar-refractivity contribution is 5.31. The molecular formula is C17H26N2O. The summed E-state index contributed by atoms with van der Waals surface area (Å²) in [6.07, 6.45) is 1.10. The van der Waals surface area contributed by atoms with Crippen LogP contribution in [0.3, 0.4) is 0 Å². The number of hydrogen-bond acceptors (Lipinski definition) is 3. The first-order valence-electron chi connectivity index (χ1n) is 7.26. The van der Waals surface area contributed by atoms with E-state index in [-0.39, 0.29) is 5.41 Å². The molecule has 0 fully saturated rings. The van der Waals surface area contributed by atoms with Crippen LogP contribution in [0.5, 0.6) is 5.75 Å². The average Bonchev–Trinajstić information content (AvgIpc) is 2.46. The maximum absolute atomic E-state index is 9.18. The molecule has 0 heterocycles. The van der Waals surface area contributed by atoms with Crippen molar-refractivity contribution < 1.29 is 4.74 Å². The third-order valence-corrected chi connectivity index (χ3v) is 3.86. The van der Waals surface area contributed by atoms with Crippen molar-refractivity contribution in [2.24, 2.45) is 0 Å². The van der Waals surface area contributed by atoms with Gasteiger partial charge in [-0.25, -0.2) is 0 Å². The molecule has 1 rings (SSSR count). The van der Waals surface area contributed by atoms with Gasteiger partial charge in [0.05, 0.1) is 6.07 Å². The van der Waals surface area contributed by atoms with Gasteiger partial charge in [-0.05, 0) is 43.0 Å². The lowest BCUT2D eigenvalue weighted by Crippen LogP contribution is -2.46. The minimum Gasteiger partial charge on any atom is -0.491 e. The van der Waals surface area contributed by atoms with Crippen LogP contribution in [0.1, 0.15) is 46.6 Å². The number of nitrogens with zero attached hydrogens (tertiary/aromatic N) is 1. The van der Waals surface area contributed by atoms with Gasteiger partial charge in [0.25, 0.3) is 0 Å². The second-order valence-corrected chi connectivity index (χ2v) is 6.02. The molecule has 0 bridgehead atoms. The van der Waals surface area contributed by atoms with Crippen molar-refractivity contribution >= 4 is 0 Å². The Labute approximate surface area is 123 Å². The van der Waals surface area contributed by atoms with Crippen molar-refractivity contribution in [1.82, 2.24) is 5.32 Å². The van der Waals surface area contributed by atoms with Crippen LogP contribution in [0.25, 0.3) is 0 Å². The van der Waals surface area contributed by atoms with E-state index >= 15 is 0 Å². The Balaban J connectivity index is 2.70. The molecule has 0 aliphatic heterocycles. The average molecular weight is 274 g/mol. The SMILES string of the molecule is CCNC(C)(C#N)COc1ccc(C(C)(C)CC)cc1. The van der Waals surface area contributed by atoms with Gasteiger partial charge in [0.1, 0.15) is 17.9 Å². The minimum absolute atomic E-state index is 0.184. The molecule has 20 heavy (non-hydrogen) atoms. The van der Waals surface area contributed by atoms with E-state index in [9.17, 15) is 5.26 Å². The van der Waals surface area contributed by atoms with Crippen molar-refractivity contribution in [2.45, 2.75) is 52.0 Å². The fourth-order valence-corrected chi connectivity index (χ4v) is 1.95. The highest BCUT2D eigenvalue weighted by atomic mass is 16.5.